The van der Waals surface area contributed by atoms with E-state index in [1.807, 2.05) is 30.3 Å². The molecule has 3 N–H and O–H groups in total. The number of nitrogens with one attached hydrogen (secondary N) is 1. The van der Waals surface area contributed by atoms with Crippen LogP contribution in [-0.4, -0.2) is 26.5 Å². The van der Waals surface area contributed by atoms with Crippen molar-refractivity contribution < 1.29 is 9.53 Å². The highest BCUT2D eigenvalue weighted by Crippen LogP contribution is 2.24. The second-order valence-corrected chi connectivity index (χ2v) is 9.77. The van der Waals surface area contributed by atoms with Crippen LogP contribution < -0.4 is 15.9 Å². The van der Waals surface area contributed by atoms with Crippen molar-refractivity contribution in [3.8, 4) is 5.75 Å². The van der Waals surface area contributed by atoms with E-state index < -0.39 is 0 Å². The molecule has 9 heteroatoms. The van der Waals surface area contributed by atoms with E-state index in [1.165, 1.54) is 22.0 Å². The lowest BCUT2D eigenvalue weighted by molar-refractivity contribution is -0.120. The Kier molecular flexibility index (Phi) is 8.04. The minimum Gasteiger partial charge on any atom is -0.486 e. The monoisotopic (exact) mass is 473 g/mol. The van der Waals surface area contributed by atoms with Gasteiger partial charge in [0.05, 0.1) is 0 Å². The van der Waals surface area contributed by atoms with Crippen molar-refractivity contribution in [2.45, 2.75) is 50.9 Å². The number of hydrogen-bond acceptors (Lipinski definition) is 6. The van der Waals surface area contributed by atoms with Crippen molar-refractivity contribution >= 4 is 29.3 Å². The first kappa shape index (κ1) is 23.9. The predicted molar refractivity (Wildman–Crippen MR) is 128 cm³/mol. The maximum Gasteiger partial charge on any atom is 0.221 e. The Bertz CT molecular complexity index is 1050. The van der Waals surface area contributed by atoms with Crippen molar-refractivity contribution in [1.82, 2.24) is 20.2 Å². The summed E-state index contributed by atoms with van der Waals surface area (Å²) >= 11 is 7.47. The molecule has 0 aliphatic heterocycles. The van der Waals surface area contributed by atoms with Gasteiger partial charge in [-0.15, -0.1) is 10.2 Å². The number of carbonyl (C=O) groups is 1. The number of ether oxygens (including phenoxy) is 1. The molecule has 0 saturated carbocycles. The molecule has 0 radical (unpaired) electrons. The van der Waals surface area contributed by atoms with Crippen LogP contribution in [0.1, 0.15) is 44.1 Å². The van der Waals surface area contributed by atoms with Crippen LogP contribution in [0, 0.1) is 0 Å². The lowest BCUT2D eigenvalue weighted by Crippen LogP contribution is -2.23. The van der Waals surface area contributed by atoms with E-state index in [2.05, 4.69) is 48.4 Å². The summed E-state index contributed by atoms with van der Waals surface area (Å²) < 4.78 is 7.19. The van der Waals surface area contributed by atoms with Gasteiger partial charge in [0, 0.05) is 23.7 Å². The molecule has 170 valence electrons. The van der Waals surface area contributed by atoms with Crippen LogP contribution in [0.5, 0.6) is 5.75 Å². The normalized spacial score (nSPS) is 11.4. The molecule has 0 atom stereocenters. The van der Waals surface area contributed by atoms with E-state index in [9.17, 15) is 4.79 Å². The number of carbonyl (C=O) groups excluding carboxylic acids is 1. The molecule has 1 heterocycles. The van der Waals surface area contributed by atoms with E-state index in [0.29, 0.717) is 34.7 Å². The second-order valence-electron chi connectivity index (χ2n) is 8.30. The molecule has 0 saturated heterocycles. The third kappa shape index (κ3) is 6.64. The number of thioether (sulfide) groups is 1. The Balaban J connectivity index is 1.43. The molecule has 0 bridgehead atoms. The first-order chi connectivity index (χ1) is 15.2. The Morgan fingerprint density at radius 1 is 1.16 bits per heavy atom. The van der Waals surface area contributed by atoms with Crippen molar-refractivity contribution in [2.24, 2.45) is 0 Å². The predicted octanol–water partition coefficient (Wildman–Crippen LogP) is 4.32. The average Bonchev–Trinajstić information content (AvgIpc) is 3.11. The molecule has 0 spiro atoms. The van der Waals surface area contributed by atoms with Crippen LogP contribution in [0.25, 0.3) is 0 Å². The van der Waals surface area contributed by atoms with E-state index in [0.717, 1.165) is 11.3 Å². The molecule has 0 unspecified atom stereocenters. The van der Waals surface area contributed by atoms with Gasteiger partial charge in [-0.2, -0.15) is 0 Å². The van der Waals surface area contributed by atoms with E-state index in [1.54, 1.807) is 6.07 Å². The van der Waals surface area contributed by atoms with Crippen molar-refractivity contribution in [2.75, 3.05) is 11.6 Å². The zero-order chi connectivity index (χ0) is 23.1. The number of rotatable bonds is 9. The Labute approximate surface area is 197 Å². The zero-order valence-corrected chi connectivity index (χ0v) is 20.0. The smallest absolute Gasteiger partial charge is 0.221 e. The SMILES string of the molecule is CC(C)(C)c1ccc(OCc2nnc(SCCC(=O)NCc3ccccc3Cl)n2N)cc1. The van der Waals surface area contributed by atoms with Gasteiger partial charge in [-0.3, -0.25) is 4.79 Å². The van der Waals surface area contributed by atoms with Crippen LogP contribution in [0.3, 0.4) is 0 Å². The Hall–Kier alpha value is -2.71. The van der Waals surface area contributed by atoms with Gasteiger partial charge in [0.25, 0.3) is 0 Å². The van der Waals surface area contributed by atoms with Gasteiger partial charge in [0.15, 0.2) is 5.82 Å². The molecule has 1 aromatic heterocycles. The summed E-state index contributed by atoms with van der Waals surface area (Å²) in [6.45, 7) is 7.11. The summed E-state index contributed by atoms with van der Waals surface area (Å²) in [4.78, 5) is 12.1. The summed E-state index contributed by atoms with van der Waals surface area (Å²) in [6, 6.07) is 15.4. The van der Waals surface area contributed by atoms with Crippen LogP contribution >= 0.6 is 23.4 Å². The minimum atomic E-state index is -0.0669. The molecule has 3 aromatic rings. The fourth-order valence-corrected chi connectivity index (χ4v) is 3.88. The topological polar surface area (TPSA) is 95.1 Å². The lowest BCUT2D eigenvalue weighted by Gasteiger charge is -2.19. The van der Waals surface area contributed by atoms with Gasteiger partial charge < -0.3 is 15.9 Å². The quantitative estimate of drug-likeness (QED) is 0.355. The number of nitrogens with two attached hydrogens (primary N) is 1. The first-order valence-electron chi connectivity index (χ1n) is 10.3. The zero-order valence-electron chi connectivity index (χ0n) is 18.5. The molecule has 3 rings (SSSR count). The van der Waals surface area contributed by atoms with Crippen LogP contribution in [0.15, 0.2) is 53.7 Å². The number of aromatic nitrogens is 3. The van der Waals surface area contributed by atoms with Crippen LogP contribution in [-0.2, 0) is 23.4 Å². The number of hydrogen-bond donors (Lipinski definition) is 2. The maximum atomic E-state index is 12.1. The highest BCUT2D eigenvalue weighted by atomic mass is 35.5. The fraction of sp³-hybridized carbons (Fsp3) is 0.348. The molecule has 0 aliphatic carbocycles. The number of nitrogens with zero attached hydrogens (tertiary/aromatic N) is 3. The summed E-state index contributed by atoms with van der Waals surface area (Å²) in [5, 5.41) is 12.2. The minimum absolute atomic E-state index is 0.0669. The molecular formula is C23H28ClN5O2S. The van der Waals surface area contributed by atoms with Gasteiger partial charge in [-0.25, -0.2) is 4.68 Å². The van der Waals surface area contributed by atoms with Gasteiger partial charge in [0.1, 0.15) is 12.4 Å². The number of halogens is 1. The van der Waals surface area contributed by atoms with E-state index in [4.69, 9.17) is 22.2 Å². The van der Waals surface area contributed by atoms with Crippen molar-refractivity contribution in [3.05, 3.63) is 70.5 Å². The molecule has 2 aromatic carbocycles. The number of benzene rings is 2. The van der Waals surface area contributed by atoms with Gasteiger partial charge >= 0.3 is 0 Å². The van der Waals surface area contributed by atoms with Crippen LogP contribution in [0.4, 0.5) is 0 Å². The van der Waals surface area contributed by atoms with E-state index >= 15 is 0 Å². The third-order valence-corrected chi connectivity index (χ3v) is 6.13. The summed E-state index contributed by atoms with van der Waals surface area (Å²) in [5.41, 5.74) is 2.21. The number of nitrogen functional groups attached to an aromatic ring is 1. The Morgan fingerprint density at radius 3 is 2.56 bits per heavy atom. The maximum absolute atomic E-state index is 12.1. The summed E-state index contributed by atoms with van der Waals surface area (Å²) in [5.74, 6) is 7.80. The van der Waals surface area contributed by atoms with E-state index in [-0.39, 0.29) is 17.9 Å². The van der Waals surface area contributed by atoms with Crippen molar-refractivity contribution in [3.63, 3.8) is 0 Å². The molecule has 0 fully saturated rings. The van der Waals surface area contributed by atoms with Gasteiger partial charge in [-0.1, -0.05) is 74.5 Å². The standard InChI is InChI=1S/C23H28ClN5O2S/c1-23(2,3)17-8-10-18(11-9-17)31-15-20-27-28-22(29(20)25)32-13-12-21(30)26-14-16-6-4-5-7-19(16)24/h4-11H,12-15,25H2,1-3H3,(H,26,30). The molecule has 0 aliphatic rings. The third-order valence-electron chi connectivity index (χ3n) is 4.82. The number of amides is 1. The van der Waals surface area contributed by atoms with Crippen molar-refractivity contribution in [1.29, 1.82) is 0 Å². The first-order valence-corrected chi connectivity index (χ1v) is 11.7. The van der Waals surface area contributed by atoms with Crippen LogP contribution in [0.2, 0.25) is 5.02 Å². The molecule has 7 nitrogen and oxygen atoms in total. The summed E-state index contributed by atoms with van der Waals surface area (Å²) in [7, 11) is 0. The second kappa shape index (κ2) is 10.7. The molecule has 32 heavy (non-hydrogen) atoms. The highest BCUT2D eigenvalue weighted by Gasteiger charge is 2.14. The highest BCUT2D eigenvalue weighted by molar-refractivity contribution is 7.99. The fourth-order valence-electron chi connectivity index (χ4n) is 2.86. The molecule has 1 amide bonds. The average molecular weight is 474 g/mol. The van der Waals surface area contributed by atoms with Gasteiger partial charge in [0.2, 0.25) is 11.1 Å². The largest absolute Gasteiger partial charge is 0.486 e. The lowest BCUT2D eigenvalue weighted by atomic mass is 9.87. The summed E-state index contributed by atoms with van der Waals surface area (Å²) in [6.07, 6.45) is 0.327. The van der Waals surface area contributed by atoms with Gasteiger partial charge in [-0.05, 0) is 34.7 Å². The molecular weight excluding hydrogens is 446 g/mol. The Morgan fingerprint density at radius 2 is 1.88 bits per heavy atom.